The number of thioether (sulfide) groups is 1. The average molecular weight is 298 g/mol. The minimum atomic E-state index is -0.467. The fourth-order valence-electron chi connectivity index (χ4n) is 2.12. The fourth-order valence-corrected chi connectivity index (χ4v) is 2.61. The first kappa shape index (κ1) is 17.0. The molecule has 2 atom stereocenters. The van der Waals surface area contributed by atoms with E-state index in [4.69, 9.17) is 5.73 Å². The third kappa shape index (κ3) is 4.49. The van der Waals surface area contributed by atoms with E-state index in [0.717, 1.165) is 11.3 Å². The van der Waals surface area contributed by atoms with E-state index in [0.29, 0.717) is 13.0 Å². The summed E-state index contributed by atoms with van der Waals surface area (Å²) in [7, 11) is 0. The molecule has 2 N–H and O–H groups in total. The highest BCUT2D eigenvalue weighted by Gasteiger charge is 2.24. The normalized spacial score (nSPS) is 13.8. The molecule has 0 aliphatic rings. The van der Waals surface area contributed by atoms with Crippen LogP contribution >= 0.6 is 11.8 Å². The number of nitrogens with two attached hydrogens (primary N) is 1. The molecule has 0 saturated heterocycles. The van der Waals surface area contributed by atoms with Gasteiger partial charge in [-0.3, -0.25) is 4.79 Å². The topological polar surface area (TPSA) is 46.3 Å². The van der Waals surface area contributed by atoms with Crippen molar-refractivity contribution in [1.29, 1.82) is 0 Å². The van der Waals surface area contributed by atoms with E-state index < -0.39 is 6.04 Å². The van der Waals surface area contributed by atoms with Crippen LogP contribution in [0.2, 0.25) is 0 Å². The maximum Gasteiger partial charge on any atom is 0.240 e. The van der Waals surface area contributed by atoms with Gasteiger partial charge in [0, 0.05) is 6.54 Å². The van der Waals surface area contributed by atoms with Crippen LogP contribution in [0.5, 0.6) is 0 Å². The van der Waals surface area contributed by atoms with Crippen molar-refractivity contribution >= 4 is 17.7 Å². The summed E-state index contributed by atoms with van der Waals surface area (Å²) < 4.78 is 13.0. The van der Waals surface area contributed by atoms with Crippen LogP contribution < -0.4 is 5.73 Å². The third-order valence-electron chi connectivity index (χ3n) is 3.39. The van der Waals surface area contributed by atoms with Crippen LogP contribution in [0.25, 0.3) is 0 Å². The van der Waals surface area contributed by atoms with Crippen molar-refractivity contribution in [2.45, 2.75) is 32.4 Å². The number of halogens is 1. The van der Waals surface area contributed by atoms with E-state index in [1.165, 1.54) is 12.1 Å². The highest BCUT2D eigenvalue weighted by molar-refractivity contribution is 7.98. The number of benzene rings is 1. The van der Waals surface area contributed by atoms with E-state index >= 15 is 0 Å². The lowest BCUT2D eigenvalue weighted by atomic mass is 10.1. The molecule has 1 unspecified atom stereocenters. The van der Waals surface area contributed by atoms with Crippen molar-refractivity contribution in [3.8, 4) is 0 Å². The predicted molar refractivity (Wildman–Crippen MR) is 83.2 cm³/mol. The lowest BCUT2D eigenvalue weighted by Gasteiger charge is -2.30. The van der Waals surface area contributed by atoms with Gasteiger partial charge in [-0.1, -0.05) is 12.1 Å². The number of carbonyl (C=O) groups is 1. The van der Waals surface area contributed by atoms with Gasteiger partial charge >= 0.3 is 0 Å². The Kier molecular flexibility index (Phi) is 7.02. The molecule has 112 valence electrons. The summed E-state index contributed by atoms with van der Waals surface area (Å²) in [5.74, 6) is 0.556. The maximum atomic E-state index is 13.0. The molecule has 0 aliphatic heterocycles. The second-order valence-corrected chi connectivity index (χ2v) is 5.73. The second-order valence-electron chi connectivity index (χ2n) is 4.74. The van der Waals surface area contributed by atoms with E-state index in [1.54, 1.807) is 28.8 Å². The molecule has 20 heavy (non-hydrogen) atoms. The Morgan fingerprint density at radius 1 is 1.40 bits per heavy atom. The summed E-state index contributed by atoms with van der Waals surface area (Å²) >= 11 is 1.68. The first-order valence-corrected chi connectivity index (χ1v) is 8.21. The van der Waals surface area contributed by atoms with Gasteiger partial charge in [0.15, 0.2) is 0 Å². The van der Waals surface area contributed by atoms with Gasteiger partial charge in [-0.15, -0.1) is 0 Å². The van der Waals surface area contributed by atoms with E-state index in [-0.39, 0.29) is 17.8 Å². The Balaban J connectivity index is 2.78. The van der Waals surface area contributed by atoms with Gasteiger partial charge in [0.1, 0.15) is 5.82 Å². The monoisotopic (exact) mass is 298 g/mol. The quantitative estimate of drug-likeness (QED) is 0.842. The molecule has 1 amide bonds. The molecule has 0 saturated carbocycles. The molecule has 0 aliphatic carbocycles. The summed E-state index contributed by atoms with van der Waals surface area (Å²) in [5.41, 5.74) is 6.87. The van der Waals surface area contributed by atoms with Crippen LogP contribution in [0.3, 0.4) is 0 Å². The Hall–Kier alpha value is -1.07. The summed E-state index contributed by atoms with van der Waals surface area (Å²) in [5, 5.41) is 0. The molecular weight excluding hydrogens is 275 g/mol. The fraction of sp³-hybridized carbons (Fsp3) is 0.533. The highest BCUT2D eigenvalue weighted by Crippen LogP contribution is 2.21. The zero-order valence-electron chi connectivity index (χ0n) is 12.3. The van der Waals surface area contributed by atoms with Gasteiger partial charge < -0.3 is 10.6 Å². The first-order valence-electron chi connectivity index (χ1n) is 6.81. The number of nitrogens with zero attached hydrogens (tertiary/aromatic N) is 1. The zero-order valence-corrected chi connectivity index (χ0v) is 13.1. The highest BCUT2D eigenvalue weighted by atomic mass is 32.2. The molecule has 0 radical (unpaired) electrons. The van der Waals surface area contributed by atoms with Crippen molar-refractivity contribution < 1.29 is 9.18 Å². The van der Waals surface area contributed by atoms with Crippen LogP contribution in [0.15, 0.2) is 24.3 Å². The van der Waals surface area contributed by atoms with Crippen molar-refractivity contribution in [3.05, 3.63) is 35.6 Å². The van der Waals surface area contributed by atoms with Gasteiger partial charge in [0.2, 0.25) is 5.91 Å². The van der Waals surface area contributed by atoms with Crippen LogP contribution in [-0.4, -0.2) is 35.4 Å². The molecule has 0 heterocycles. The molecule has 5 heteroatoms. The number of rotatable bonds is 7. The van der Waals surface area contributed by atoms with E-state index in [9.17, 15) is 9.18 Å². The minimum absolute atomic E-state index is 0.0432. The number of amides is 1. The summed E-state index contributed by atoms with van der Waals surface area (Å²) in [4.78, 5) is 14.1. The van der Waals surface area contributed by atoms with Crippen molar-refractivity contribution in [1.82, 2.24) is 4.90 Å². The van der Waals surface area contributed by atoms with Crippen molar-refractivity contribution in [2.75, 3.05) is 18.6 Å². The van der Waals surface area contributed by atoms with Crippen LogP contribution in [0, 0.1) is 5.82 Å². The first-order chi connectivity index (χ1) is 9.51. The summed E-state index contributed by atoms with van der Waals surface area (Å²) in [6, 6.07) is 5.68. The van der Waals surface area contributed by atoms with Crippen LogP contribution in [0.1, 0.15) is 31.9 Å². The number of hydrogen-bond donors (Lipinski definition) is 1. The Morgan fingerprint density at radius 2 is 2.00 bits per heavy atom. The summed E-state index contributed by atoms with van der Waals surface area (Å²) in [6.07, 6.45) is 2.67. The molecule has 1 aromatic carbocycles. The van der Waals surface area contributed by atoms with Gasteiger partial charge in [-0.25, -0.2) is 4.39 Å². The molecule has 0 aromatic heterocycles. The molecule has 0 spiro atoms. The van der Waals surface area contributed by atoms with Gasteiger partial charge in [-0.05, 0) is 50.0 Å². The van der Waals surface area contributed by atoms with Gasteiger partial charge in [0.25, 0.3) is 0 Å². The minimum Gasteiger partial charge on any atom is -0.335 e. The lowest BCUT2D eigenvalue weighted by Crippen LogP contribution is -2.45. The molecule has 0 fully saturated rings. The van der Waals surface area contributed by atoms with E-state index in [1.807, 2.05) is 20.1 Å². The smallest absolute Gasteiger partial charge is 0.240 e. The lowest BCUT2D eigenvalue weighted by molar-refractivity contribution is -0.134. The molecule has 1 aromatic rings. The number of carbonyl (C=O) groups excluding carboxylic acids is 1. The number of hydrogen-bond acceptors (Lipinski definition) is 3. The second kappa shape index (κ2) is 8.27. The standard InChI is InChI=1S/C15H23FN2OS/c1-4-18(15(19)14(17)9-10-20-3)11(2)12-5-7-13(16)8-6-12/h5-8,11,14H,4,9-10,17H2,1-3H3/t11?,14-/m0/s1. The Bertz CT molecular complexity index is 424. The Labute approximate surface area is 124 Å². The average Bonchev–Trinajstić information content (AvgIpc) is 2.45. The van der Waals surface area contributed by atoms with Gasteiger partial charge in [0.05, 0.1) is 12.1 Å². The van der Waals surface area contributed by atoms with E-state index in [2.05, 4.69) is 0 Å². The molecule has 1 rings (SSSR count). The SMILES string of the molecule is CCN(C(=O)[C@@H](N)CCSC)C(C)c1ccc(F)cc1. The van der Waals surface area contributed by atoms with Gasteiger partial charge in [-0.2, -0.15) is 11.8 Å². The maximum absolute atomic E-state index is 13.0. The molecule has 0 bridgehead atoms. The largest absolute Gasteiger partial charge is 0.335 e. The predicted octanol–water partition coefficient (Wildman–Crippen LogP) is 2.82. The Morgan fingerprint density at radius 3 is 2.50 bits per heavy atom. The van der Waals surface area contributed by atoms with Crippen LogP contribution in [0.4, 0.5) is 4.39 Å². The molecular formula is C15H23FN2OS. The van der Waals surface area contributed by atoms with Crippen molar-refractivity contribution in [3.63, 3.8) is 0 Å². The molecule has 3 nitrogen and oxygen atoms in total. The number of likely N-dealkylation sites (N-methyl/N-ethyl adjacent to an activating group) is 1. The van der Waals surface area contributed by atoms with Crippen molar-refractivity contribution in [2.24, 2.45) is 5.73 Å². The summed E-state index contributed by atoms with van der Waals surface area (Å²) in [6.45, 7) is 4.46. The van der Waals surface area contributed by atoms with Crippen LogP contribution in [-0.2, 0) is 4.79 Å². The third-order valence-corrected chi connectivity index (χ3v) is 4.04. The zero-order chi connectivity index (χ0) is 15.1.